The molecule has 1 aliphatic heterocycles. The first kappa shape index (κ1) is 24.3. The molecule has 1 aromatic carbocycles. The van der Waals surface area contributed by atoms with E-state index in [4.69, 9.17) is 0 Å². The molecule has 1 saturated heterocycles. The van der Waals surface area contributed by atoms with Gasteiger partial charge in [-0.3, -0.25) is 9.59 Å². The largest absolute Gasteiger partial charge is 0.342 e. The van der Waals surface area contributed by atoms with Crippen LogP contribution in [0.1, 0.15) is 48.6 Å². The number of thioether (sulfide) groups is 1. The first-order chi connectivity index (χ1) is 15.3. The molecule has 0 bridgehead atoms. The Morgan fingerprint density at radius 1 is 1.09 bits per heavy atom. The minimum atomic E-state index is -0.279. The third-order valence-electron chi connectivity index (χ3n) is 5.79. The summed E-state index contributed by atoms with van der Waals surface area (Å²) in [5.74, 6) is 1.18. The molecule has 0 radical (unpaired) electrons. The predicted molar refractivity (Wildman–Crippen MR) is 127 cm³/mol. The molecule has 174 valence electrons. The Labute approximate surface area is 194 Å². The summed E-state index contributed by atoms with van der Waals surface area (Å²) in [5.41, 5.74) is 1.73. The molecule has 0 saturated carbocycles. The van der Waals surface area contributed by atoms with Gasteiger partial charge in [0.2, 0.25) is 5.91 Å². The van der Waals surface area contributed by atoms with Gasteiger partial charge < -0.3 is 19.7 Å². The summed E-state index contributed by atoms with van der Waals surface area (Å²) >= 11 is 1.41. The summed E-state index contributed by atoms with van der Waals surface area (Å²) in [6.45, 7) is 12.1. The highest BCUT2D eigenvalue weighted by Gasteiger charge is 2.27. The van der Waals surface area contributed by atoms with Crippen molar-refractivity contribution in [2.24, 2.45) is 5.92 Å². The van der Waals surface area contributed by atoms with Crippen LogP contribution in [0.4, 0.5) is 0 Å². The van der Waals surface area contributed by atoms with E-state index < -0.39 is 0 Å². The van der Waals surface area contributed by atoms with Crippen LogP contribution in [0.5, 0.6) is 0 Å². The summed E-state index contributed by atoms with van der Waals surface area (Å²) in [5, 5.41) is 12.6. The quantitative estimate of drug-likeness (QED) is 0.612. The van der Waals surface area contributed by atoms with Crippen molar-refractivity contribution in [3.63, 3.8) is 0 Å². The van der Waals surface area contributed by atoms with Gasteiger partial charge in [0.15, 0.2) is 11.0 Å². The Kier molecular flexibility index (Phi) is 8.31. The maximum absolute atomic E-state index is 12.8. The normalized spacial score (nSPS) is 15.8. The molecule has 1 N–H and O–H groups in total. The van der Waals surface area contributed by atoms with E-state index in [2.05, 4.69) is 41.3 Å². The molecule has 2 heterocycles. The van der Waals surface area contributed by atoms with E-state index in [1.165, 1.54) is 11.8 Å². The molecule has 0 unspecified atom stereocenters. The van der Waals surface area contributed by atoms with Gasteiger partial charge in [0.25, 0.3) is 5.91 Å². The molecular weight excluding hydrogens is 424 g/mol. The van der Waals surface area contributed by atoms with Gasteiger partial charge in [-0.1, -0.05) is 43.3 Å². The highest BCUT2D eigenvalue weighted by Crippen LogP contribution is 2.26. The average Bonchev–Trinajstić information content (AvgIpc) is 3.18. The second-order valence-corrected chi connectivity index (χ2v) is 9.56. The zero-order chi connectivity index (χ0) is 23.3. The van der Waals surface area contributed by atoms with Crippen LogP contribution < -0.4 is 5.32 Å². The SMILES string of the molecule is CCn1c(SCC(=O)N2CCN(C)CC2)nnc1[C@@H](NC(=O)c1ccc(C)cc1)C(C)C. The third-order valence-corrected chi connectivity index (χ3v) is 6.74. The molecular formula is C23H34N6O2S. The lowest BCUT2D eigenvalue weighted by atomic mass is 10.0. The van der Waals surface area contributed by atoms with Gasteiger partial charge in [-0.15, -0.1) is 10.2 Å². The number of aromatic nitrogens is 3. The molecule has 32 heavy (non-hydrogen) atoms. The standard InChI is InChI=1S/C23H34N6O2S/c1-6-29-21(20(16(2)3)24-22(31)18-9-7-17(4)8-10-18)25-26-23(29)32-15-19(30)28-13-11-27(5)12-14-28/h7-10,16,20H,6,11-15H2,1-5H3,(H,24,31)/t20-/m0/s1. The zero-order valence-electron chi connectivity index (χ0n) is 19.7. The number of carbonyl (C=O) groups excluding carboxylic acids is 2. The molecule has 1 atom stereocenters. The number of amides is 2. The van der Waals surface area contributed by atoms with E-state index in [0.29, 0.717) is 23.0 Å². The predicted octanol–water partition coefficient (Wildman–Crippen LogP) is 2.60. The third kappa shape index (κ3) is 5.89. The van der Waals surface area contributed by atoms with Gasteiger partial charge in [-0.05, 0) is 38.9 Å². The Morgan fingerprint density at radius 3 is 2.34 bits per heavy atom. The number of benzene rings is 1. The van der Waals surface area contributed by atoms with E-state index >= 15 is 0 Å². The summed E-state index contributed by atoms with van der Waals surface area (Å²) in [6, 6.07) is 7.24. The van der Waals surface area contributed by atoms with Crippen LogP contribution in [0.2, 0.25) is 0 Å². The second-order valence-electron chi connectivity index (χ2n) is 8.62. The molecule has 1 fully saturated rings. The van der Waals surface area contributed by atoms with Crippen molar-refractivity contribution < 1.29 is 9.59 Å². The summed E-state index contributed by atoms with van der Waals surface area (Å²) in [7, 11) is 2.07. The Hall–Kier alpha value is -2.39. The van der Waals surface area contributed by atoms with Gasteiger partial charge in [0, 0.05) is 38.3 Å². The van der Waals surface area contributed by atoms with Crippen molar-refractivity contribution >= 4 is 23.6 Å². The van der Waals surface area contributed by atoms with E-state index in [1.54, 1.807) is 0 Å². The van der Waals surface area contributed by atoms with E-state index in [-0.39, 0.29) is 23.8 Å². The number of hydrogen-bond donors (Lipinski definition) is 1. The van der Waals surface area contributed by atoms with Gasteiger partial charge in [-0.25, -0.2) is 0 Å². The van der Waals surface area contributed by atoms with E-state index in [9.17, 15) is 9.59 Å². The topological polar surface area (TPSA) is 83.4 Å². The van der Waals surface area contributed by atoms with Gasteiger partial charge in [0.1, 0.15) is 0 Å². The maximum atomic E-state index is 12.8. The van der Waals surface area contributed by atoms with Gasteiger partial charge in [0.05, 0.1) is 11.8 Å². The first-order valence-electron chi connectivity index (χ1n) is 11.2. The van der Waals surface area contributed by atoms with Gasteiger partial charge in [-0.2, -0.15) is 0 Å². The molecule has 3 rings (SSSR count). The zero-order valence-corrected chi connectivity index (χ0v) is 20.5. The van der Waals surface area contributed by atoms with E-state index in [1.807, 2.05) is 47.6 Å². The average molecular weight is 459 g/mol. The van der Waals surface area contributed by atoms with Crippen LogP contribution in [-0.2, 0) is 11.3 Å². The minimum Gasteiger partial charge on any atom is -0.342 e. The maximum Gasteiger partial charge on any atom is 0.251 e. The lowest BCUT2D eigenvalue weighted by Crippen LogP contribution is -2.47. The lowest BCUT2D eigenvalue weighted by molar-refractivity contribution is -0.129. The molecule has 8 nitrogen and oxygen atoms in total. The van der Waals surface area contributed by atoms with Crippen LogP contribution in [0.25, 0.3) is 0 Å². The molecule has 1 aromatic heterocycles. The van der Waals surface area contributed by atoms with Crippen molar-refractivity contribution in [3.8, 4) is 0 Å². The number of nitrogens with zero attached hydrogens (tertiary/aromatic N) is 5. The Balaban J connectivity index is 1.70. The Morgan fingerprint density at radius 2 is 1.75 bits per heavy atom. The first-order valence-corrected chi connectivity index (χ1v) is 12.2. The van der Waals surface area contributed by atoms with Crippen LogP contribution in [-0.4, -0.2) is 75.4 Å². The summed E-state index contributed by atoms with van der Waals surface area (Å²) in [6.07, 6.45) is 0. The second kappa shape index (κ2) is 11.0. The summed E-state index contributed by atoms with van der Waals surface area (Å²) in [4.78, 5) is 29.6. The number of hydrogen-bond acceptors (Lipinski definition) is 6. The molecule has 2 amide bonds. The molecule has 0 spiro atoms. The molecule has 1 aliphatic rings. The fourth-order valence-corrected chi connectivity index (χ4v) is 4.58. The fraction of sp³-hybridized carbons (Fsp3) is 0.565. The fourth-order valence-electron chi connectivity index (χ4n) is 3.67. The lowest BCUT2D eigenvalue weighted by Gasteiger charge is -2.32. The number of carbonyl (C=O) groups is 2. The number of likely N-dealkylation sites (N-methyl/N-ethyl adjacent to an activating group) is 1. The molecule has 9 heteroatoms. The highest BCUT2D eigenvalue weighted by molar-refractivity contribution is 7.99. The van der Waals surface area contributed by atoms with Gasteiger partial charge >= 0.3 is 0 Å². The van der Waals surface area contributed by atoms with Crippen molar-refractivity contribution in [2.45, 2.75) is 45.4 Å². The highest BCUT2D eigenvalue weighted by atomic mass is 32.2. The minimum absolute atomic E-state index is 0.128. The van der Waals surface area contributed by atoms with Crippen molar-refractivity contribution in [1.82, 2.24) is 29.9 Å². The van der Waals surface area contributed by atoms with Crippen LogP contribution in [0, 0.1) is 12.8 Å². The van der Waals surface area contributed by atoms with Crippen LogP contribution >= 0.6 is 11.8 Å². The number of aryl methyl sites for hydroxylation is 1. The van der Waals surface area contributed by atoms with Crippen molar-refractivity contribution in [1.29, 1.82) is 0 Å². The van der Waals surface area contributed by atoms with Crippen LogP contribution in [0.15, 0.2) is 29.4 Å². The van der Waals surface area contributed by atoms with Crippen molar-refractivity contribution in [2.75, 3.05) is 39.0 Å². The Bertz CT molecular complexity index is 919. The number of nitrogens with one attached hydrogen (secondary N) is 1. The number of piperazine rings is 1. The van der Waals surface area contributed by atoms with E-state index in [0.717, 1.165) is 37.6 Å². The molecule has 2 aromatic rings. The monoisotopic (exact) mass is 458 g/mol. The summed E-state index contributed by atoms with van der Waals surface area (Å²) < 4.78 is 2.00. The molecule has 0 aliphatic carbocycles. The van der Waals surface area contributed by atoms with Crippen molar-refractivity contribution in [3.05, 3.63) is 41.2 Å². The van der Waals surface area contributed by atoms with Crippen LogP contribution in [0.3, 0.4) is 0 Å². The smallest absolute Gasteiger partial charge is 0.251 e. The number of rotatable bonds is 8.